The number of nitrogens with one attached hydrogen (secondary N) is 1. The van der Waals surface area contributed by atoms with Gasteiger partial charge in [0, 0.05) is 31.5 Å². The van der Waals surface area contributed by atoms with Gasteiger partial charge < -0.3 is 5.32 Å². The molecule has 218 valence electrons. The fraction of sp³-hybridized carbons (Fsp3) is 0.163. The number of thiophene rings is 1. The average Bonchev–Trinajstić information content (AvgIpc) is 3.63. The van der Waals surface area contributed by atoms with Gasteiger partial charge in [0.25, 0.3) is 0 Å². The van der Waals surface area contributed by atoms with Crippen molar-refractivity contribution in [1.82, 2.24) is 0 Å². The van der Waals surface area contributed by atoms with Crippen LogP contribution in [0.4, 0.5) is 11.4 Å². The highest BCUT2D eigenvalue weighted by atomic mass is 32.1. The molecule has 2 aliphatic carbocycles. The summed E-state index contributed by atoms with van der Waals surface area (Å²) in [5.74, 6) is 0.725. The van der Waals surface area contributed by atoms with Crippen LogP contribution in [0.5, 0.6) is 0 Å². The molecular weight excluding hydrogens is 563 g/mol. The molecule has 7 aromatic rings. The van der Waals surface area contributed by atoms with Gasteiger partial charge >= 0.3 is 0 Å². The summed E-state index contributed by atoms with van der Waals surface area (Å²) in [5.41, 5.74) is 11.4. The number of anilines is 2. The average molecular weight is 598 g/mol. The van der Waals surface area contributed by atoms with Gasteiger partial charge in [0.05, 0.1) is 5.41 Å². The number of rotatable bonds is 5. The summed E-state index contributed by atoms with van der Waals surface area (Å²) in [4.78, 5) is 0. The molecule has 9 rings (SSSR count). The Kier molecular flexibility index (Phi) is 6.38. The summed E-state index contributed by atoms with van der Waals surface area (Å²) in [7, 11) is 0. The predicted molar refractivity (Wildman–Crippen MR) is 192 cm³/mol. The first-order valence-corrected chi connectivity index (χ1v) is 17.2. The highest BCUT2D eigenvalue weighted by Gasteiger charge is 2.46. The number of hydrogen-bond acceptors (Lipinski definition) is 2. The standard InChI is InChI=1S/C43H35NS/c1-3-12-29(13-4-1)30-22-24-32(25-23-30)44-33-26-27-40-36(28-33)42-39(20-11-21-41(42)45-40)43(31-14-5-2-6-15-31)37-18-9-7-16-34(37)35-17-8-10-19-38(35)43/h2,5-11,14-29,44H,1,3-4,12-13H2. The van der Waals surface area contributed by atoms with Crippen molar-refractivity contribution in [3.05, 3.63) is 167 Å². The molecular formula is C43H35NS. The second-order valence-corrected chi connectivity index (χ2v) is 13.9. The second-order valence-electron chi connectivity index (χ2n) is 12.8. The van der Waals surface area contributed by atoms with Gasteiger partial charge in [-0.3, -0.25) is 0 Å². The smallest absolute Gasteiger partial charge is 0.0720 e. The number of fused-ring (bicyclic) bond motifs is 6. The summed E-state index contributed by atoms with van der Waals surface area (Å²) >= 11 is 1.90. The maximum absolute atomic E-state index is 3.75. The van der Waals surface area contributed by atoms with E-state index >= 15 is 0 Å². The molecule has 0 spiro atoms. The van der Waals surface area contributed by atoms with Gasteiger partial charge in [-0.15, -0.1) is 11.3 Å². The van der Waals surface area contributed by atoms with Crippen molar-refractivity contribution in [2.24, 2.45) is 0 Å². The van der Waals surface area contributed by atoms with Crippen LogP contribution < -0.4 is 5.32 Å². The first-order chi connectivity index (χ1) is 22.3. The Morgan fingerprint density at radius 3 is 1.91 bits per heavy atom. The molecule has 1 N–H and O–H groups in total. The molecule has 1 nitrogen and oxygen atoms in total. The van der Waals surface area contributed by atoms with Crippen molar-refractivity contribution in [1.29, 1.82) is 0 Å². The number of hydrogen-bond donors (Lipinski definition) is 1. The quantitative estimate of drug-likeness (QED) is 0.208. The van der Waals surface area contributed by atoms with E-state index in [0.29, 0.717) is 0 Å². The van der Waals surface area contributed by atoms with Crippen LogP contribution in [0.2, 0.25) is 0 Å². The van der Waals surface area contributed by atoms with E-state index in [4.69, 9.17) is 0 Å². The monoisotopic (exact) mass is 597 g/mol. The molecule has 0 amide bonds. The third-order valence-corrected chi connectivity index (χ3v) is 11.5. The molecule has 2 aliphatic rings. The molecule has 1 heterocycles. The van der Waals surface area contributed by atoms with Crippen molar-refractivity contribution < 1.29 is 0 Å². The fourth-order valence-corrected chi connectivity index (χ4v) is 9.45. The highest BCUT2D eigenvalue weighted by molar-refractivity contribution is 7.25. The van der Waals surface area contributed by atoms with Crippen LogP contribution in [0.1, 0.15) is 65.8 Å². The van der Waals surface area contributed by atoms with E-state index in [-0.39, 0.29) is 0 Å². The fourth-order valence-electron chi connectivity index (χ4n) is 8.34. The topological polar surface area (TPSA) is 12.0 Å². The highest BCUT2D eigenvalue weighted by Crippen LogP contribution is 2.58. The van der Waals surface area contributed by atoms with E-state index in [1.54, 1.807) is 0 Å². The molecule has 0 radical (unpaired) electrons. The van der Waals surface area contributed by atoms with Gasteiger partial charge in [0.1, 0.15) is 0 Å². The first-order valence-electron chi connectivity index (χ1n) is 16.4. The summed E-state index contributed by atoms with van der Waals surface area (Å²) < 4.78 is 2.65. The van der Waals surface area contributed by atoms with Crippen LogP contribution in [0.25, 0.3) is 31.3 Å². The Hall–Kier alpha value is -4.66. The molecule has 45 heavy (non-hydrogen) atoms. The minimum Gasteiger partial charge on any atom is -0.356 e. The molecule has 2 heteroatoms. The molecule has 1 saturated carbocycles. The number of benzene rings is 6. The molecule has 0 atom stereocenters. The van der Waals surface area contributed by atoms with E-state index < -0.39 is 5.41 Å². The molecule has 0 unspecified atom stereocenters. The van der Waals surface area contributed by atoms with Gasteiger partial charge in [-0.2, -0.15) is 0 Å². The molecule has 0 saturated heterocycles. The van der Waals surface area contributed by atoms with Crippen LogP contribution in [0.15, 0.2) is 140 Å². The van der Waals surface area contributed by atoms with Crippen LogP contribution in [0, 0.1) is 0 Å². The van der Waals surface area contributed by atoms with Gasteiger partial charge in [0.2, 0.25) is 0 Å². The van der Waals surface area contributed by atoms with E-state index in [2.05, 4.69) is 145 Å². The van der Waals surface area contributed by atoms with E-state index in [9.17, 15) is 0 Å². The Morgan fingerprint density at radius 1 is 0.533 bits per heavy atom. The van der Waals surface area contributed by atoms with E-state index in [1.807, 2.05) is 11.3 Å². The van der Waals surface area contributed by atoms with Gasteiger partial charge in [-0.25, -0.2) is 0 Å². The summed E-state index contributed by atoms with van der Waals surface area (Å²) in [6.45, 7) is 0. The van der Waals surface area contributed by atoms with Crippen molar-refractivity contribution in [2.45, 2.75) is 43.4 Å². The van der Waals surface area contributed by atoms with Crippen molar-refractivity contribution in [3.8, 4) is 11.1 Å². The maximum atomic E-state index is 3.75. The van der Waals surface area contributed by atoms with Crippen molar-refractivity contribution in [2.75, 3.05) is 5.32 Å². The summed E-state index contributed by atoms with van der Waals surface area (Å²) in [6.07, 6.45) is 6.78. The lowest BCUT2D eigenvalue weighted by Crippen LogP contribution is -2.28. The van der Waals surface area contributed by atoms with Crippen molar-refractivity contribution in [3.63, 3.8) is 0 Å². The Morgan fingerprint density at radius 2 is 1.18 bits per heavy atom. The Bertz CT molecular complexity index is 2120. The van der Waals surface area contributed by atoms with Gasteiger partial charge in [-0.1, -0.05) is 122 Å². The Balaban J connectivity index is 1.22. The summed E-state index contributed by atoms with van der Waals surface area (Å²) in [6, 6.07) is 52.2. The first kappa shape index (κ1) is 26.7. The third-order valence-electron chi connectivity index (χ3n) is 10.3. The summed E-state index contributed by atoms with van der Waals surface area (Å²) in [5, 5.41) is 6.41. The lowest BCUT2D eigenvalue weighted by molar-refractivity contribution is 0.443. The van der Waals surface area contributed by atoms with Gasteiger partial charge in [-0.05, 0) is 94.1 Å². The SMILES string of the molecule is c1ccc(C2(c3cccc4sc5ccc(Nc6ccc(C7CCCCC7)cc6)cc5c34)c3ccccc3-c3ccccc32)cc1. The van der Waals surface area contributed by atoms with Crippen LogP contribution in [0.3, 0.4) is 0 Å². The largest absolute Gasteiger partial charge is 0.356 e. The molecule has 0 bridgehead atoms. The van der Waals surface area contributed by atoms with E-state index in [1.165, 1.54) is 91.2 Å². The zero-order valence-electron chi connectivity index (χ0n) is 25.3. The molecule has 1 fully saturated rings. The normalized spacial score (nSPS) is 15.6. The van der Waals surface area contributed by atoms with E-state index in [0.717, 1.165) is 17.3 Å². The van der Waals surface area contributed by atoms with Crippen LogP contribution >= 0.6 is 11.3 Å². The molecule has 6 aromatic carbocycles. The minimum absolute atomic E-state index is 0.416. The lowest BCUT2D eigenvalue weighted by Gasteiger charge is -2.34. The third kappa shape index (κ3) is 4.20. The van der Waals surface area contributed by atoms with Crippen molar-refractivity contribution >= 4 is 42.9 Å². The van der Waals surface area contributed by atoms with Crippen LogP contribution in [-0.4, -0.2) is 0 Å². The zero-order chi connectivity index (χ0) is 29.8. The maximum Gasteiger partial charge on any atom is 0.0720 e. The predicted octanol–water partition coefficient (Wildman–Crippen LogP) is 12.2. The lowest BCUT2D eigenvalue weighted by atomic mass is 9.66. The zero-order valence-corrected chi connectivity index (χ0v) is 26.1. The minimum atomic E-state index is -0.416. The van der Waals surface area contributed by atoms with Gasteiger partial charge in [0.15, 0.2) is 0 Å². The Labute approximate surface area is 269 Å². The van der Waals surface area contributed by atoms with Crippen LogP contribution in [-0.2, 0) is 5.41 Å². The molecule has 0 aliphatic heterocycles. The second kappa shape index (κ2) is 10.8. The molecule has 1 aromatic heterocycles.